The van der Waals surface area contributed by atoms with Crippen LogP contribution in [0.3, 0.4) is 0 Å². The number of pyridine rings is 2. The van der Waals surface area contributed by atoms with Crippen molar-refractivity contribution in [1.29, 1.82) is 0 Å². The molecule has 0 aliphatic rings. The van der Waals surface area contributed by atoms with Crippen molar-refractivity contribution < 1.29 is 0 Å². The Morgan fingerprint density at radius 3 is 1.56 bits per heavy atom. The van der Waals surface area contributed by atoms with Crippen LogP contribution in [0.4, 0.5) is 0 Å². The van der Waals surface area contributed by atoms with E-state index in [1.165, 1.54) is 0 Å². The zero-order chi connectivity index (χ0) is 27.3. The fourth-order valence-electron chi connectivity index (χ4n) is 6.44. The van der Waals surface area contributed by atoms with E-state index in [2.05, 4.69) is 109 Å². The van der Waals surface area contributed by atoms with Crippen molar-refractivity contribution in [3.8, 4) is 33.5 Å². The molecule has 0 aliphatic heterocycles. The highest BCUT2D eigenvalue weighted by molar-refractivity contribution is 6.21. The second-order valence-electron chi connectivity index (χ2n) is 10.4. The van der Waals surface area contributed by atoms with Crippen LogP contribution in [0.5, 0.6) is 0 Å². The van der Waals surface area contributed by atoms with Crippen molar-refractivity contribution in [3.63, 3.8) is 0 Å². The summed E-state index contributed by atoms with van der Waals surface area (Å²) >= 11 is 0. The van der Waals surface area contributed by atoms with Gasteiger partial charge in [-0.15, -0.1) is 0 Å². The van der Waals surface area contributed by atoms with Crippen LogP contribution >= 0.6 is 0 Å². The Balaban J connectivity index is 1.76. The Kier molecular flexibility index (Phi) is 5.33. The smallest absolute Gasteiger partial charge is 0.264 e. The molecular weight excluding hydrogens is 498 g/mol. The van der Waals surface area contributed by atoms with Crippen molar-refractivity contribution in [2.75, 3.05) is 0 Å². The highest BCUT2D eigenvalue weighted by Crippen LogP contribution is 2.44. The summed E-state index contributed by atoms with van der Waals surface area (Å²) in [5.41, 5.74) is 7.12. The zero-order valence-corrected chi connectivity index (χ0v) is 22.3. The van der Waals surface area contributed by atoms with Crippen LogP contribution in [0.1, 0.15) is 0 Å². The van der Waals surface area contributed by atoms with Gasteiger partial charge in [-0.05, 0) is 38.2 Å². The Morgan fingerprint density at radius 2 is 0.902 bits per heavy atom. The highest BCUT2D eigenvalue weighted by Gasteiger charge is 2.24. The molecule has 2 heterocycles. The summed E-state index contributed by atoms with van der Waals surface area (Å²) in [7, 11) is 0. The van der Waals surface area contributed by atoms with Crippen LogP contribution in [0.25, 0.3) is 71.3 Å². The molecule has 0 saturated heterocycles. The molecule has 2 heteroatoms. The summed E-state index contributed by atoms with van der Waals surface area (Å²) in [4.78, 5) is 15.1. The van der Waals surface area contributed by atoms with Gasteiger partial charge in [0, 0.05) is 16.5 Å². The highest BCUT2D eigenvalue weighted by atomic mass is 16.1. The molecule has 0 amide bonds. The maximum absolute atomic E-state index is 15.1. The average Bonchev–Trinajstić information content (AvgIpc) is 3.05. The van der Waals surface area contributed by atoms with Gasteiger partial charge in [-0.3, -0.25) is 9.20 Å². The molecule has 0 fully saturated rings. The molecule has 41 heavy (non-hydrogen) atoms. The number of fused-ring (bicyclic) bond motifs is 6. The van der Waals surface area contributed by atoms with E-state index in [9.17, 15) is 0 Å². The van der Waals surface area contributed by atoms with E-state index < -0.39 is 0 Å². The lowest BCUT2D eigenvalue weighted by Crippen LogP contribution is -2.18. The van der Waals surface area contributed by atoms with E-state index >= 15 is 4.79 Å². The molecule has 0 N–H and O–H groups in total. The predicted molar refractivity (Wildman–Crippen MR) is 172 cm³/mol. The first-order chi connectivity index (χ1) is 20.3. The van der Waals surface area contributed by atoms with Gasteiger partial charge in [0.1, 0.15) is 0 Å². The molecule has 8 rings (SSSR count). The second kappa shape index (κ2) is 9.32. The van der Waals surface area contributed by atoms with Crippen molar-refractivity contribution >= 4 is 37.8 Å². The number of benzene rings is 6. The van der Waals surface area contributed by atoms with Crippen molar-refractivity contribution in [3.05, 3.63) is 162 Å². The lowest BCUT2D eigenvalue weighted by atomic mass is 9.88. The van der Waals surface area contributed by atoms with Crippen molar-refractivity contribution in [2.45, 2.75) is 0 Å². The Morgan fingerprint density at radius 1 is 0.390 bits per heavy atom. The summed E-state index contributed by atoms with van der Waals surface area (Å²) in [6, 6.07) is 52.2. The maximum Gasteiger partial charge on any atom is 0.264 e. The van der Waals surface area contributed by atoms with Gasteiger partial charge >= 0.3 is 0 Å². The van der Waals surface area contributed by atoms with E-state index in [0.717, 1.165) is 71.3 Å². The van der Waals surface area contributed by atoms with Gasteiger partial charge in [0.25, 0.3) is 5.56 Å². The summed E-state index contributed by atoms with van der Waals surface area (Å²) < 4.78 is 2.00. The van der Waals surface area contributed by atoms with E-state index in [4.69, 9.17) is 0 Å². The fourth-order valence-corrected chi connectivity index (χ4v) is 6.44. The summed E-state index contributed by atoms with van der Waals surface area (Å²) in [5, 5.41) is 5.91. The van der Waals surface area contributed by atoms with Crippen LogP contribution in [-0.2, 0) is 0 Å². The monoisotopic (exact) mass is 523 g/mol. The normalized spacial score (nSPS) is 11.5. The molecule has 2 aromatic heterocycles. The number of nitrogens with zero attached hydrogens (tertiary/aromatic N) is 1. The number of rotatable bonds is 3. The standard InChI is InChI=1S/C39H25NO/c41-39-36-30-21-11-10-14-26(30)24-25-33(36)35(28-17-6-2-7-18-28)38-32-23-13-12-22-31(32)34(27-15-4-1-5-16-27)37(40(38)39)29-19-8-3-9-20-29/h1-25H. The van der Waals surface area contributed by atoms with Gasteiger partial charge in [0.15, 0.2) is 0 Å². The molecule has 0 bridgehead atoms. The molecule has 0 unspecified atom stereocenters. The zero-order valence-electron chi connectivity index (χ0n) is 22.3. The number of hydrogen-bond donors (Lipinski definition) is 0. The Bertz CT molecular complexity index is 2300. The van der Waals surface area contributed by atoms with Gasteiger partial charge in [0.2, 0.25) is 0 Å². The molecular formula is C39H25NO. The maximum atomic E-state index is 15.1. The number of aromatic nitrogens is 1. The van der Waals surface area contributed by atoms with E-state index in [-0.39, 0.29) is 5.56 Å². The average molecular weight is 524 g/mol. The first-order valence-corrected chi connectivity index (χ1v) is 13.9. The SMILES string of the molecule is O=c1c2c(ccc3ccccc32)c(-c2ccccc2)c2c3ccccc3c(-c3ccccc3)c(-c3ccccc3)n12. The summed E-state index contributed by atoms with van der Waals surface area (Å²) in [6.07, 6.45) is 0. The van der Waals surface area contributed by atoms with Gasteiger partial charge < -0.3 is 0 Å². The molecule has 2 nitrogen and oxygen atoms in total. The second-order valence-corrected chi connectivity index (χ2v) is 10.4. The molecule has 0 atom stereocenters. The molecule has 8 aromatic rings. The van der Waals surface area contributed by atoms with Crippen molar-refractivity contribution in [2.24, 2.45) is 0 Å². The third-order valence-electron chi connectivity index (χ3n) is 8.16. The van der Waals surface area contributed by atoms with E-state index in [1.807, 2.05) is 46.9 Å². The van der Waals surface area contributed by atoms with Gasteiger partial charge in [0.05, 0.1) is 16.6 Å². The number of hydrogen-bond acceptors (Lipinski definition) is 1. The molecule has 192 valence electrons. The first-order valence-electron chi connectivity index (χ1n) is 13.9. The van der Waals surface area contributed by atoms with Crippen LogP contribution < -0.4 is 5.56 Å². The first kappa shape index (κ1) is 23.4. The minimum Gasteiger partial charge on any atom is -0.274 e. The molecule has 0 aliphatic carbocycles. The Labute approximate surface area is 237 Å². The lowest BCUT2D eigenvalue weighted by molar-refractivity contribution is 1.14. The third-order valence-corrected chi connectivity index (χ3v) is 8.16. The van der Waals surface area contributed by atoms with Gasteiger partial charge in [-0.25, -0.2) is 0 Å². The fraction of sp³-hybridized carbons (Fsp3) is 0. The Hall–Kier alpha value is -5.47. The minimum absolute atomic E-state index is 0.00623. The van der Waals surface area contributed by atoms with Crippen LogP contribution in [0.15, 0.2) is 156 Å². The quantitative estimate of drug-likeness (QED) is 0.167. The molecule has 0 radical (unpaired) electrons. The third kappa shape index (κ3) is 3.54. The van der Waals surface area contributed by atoms with E-state index in [1.54, 1.807) is 0 Å². The lowest BCUT2D eigenvalue weighted by Gasteiger charge is -2.23. The molecule has 0 saturated carbocycles. The van der Waals surface area contributed by atoms with E-state index in [0.29, 0.717) is 0 Å². The molecule has 0 spiro atoms. The summed E-state index contributed by atoms with van der Waals surface area (Å²) in [6.45, 7) is 0. The van der Waals surface area contributed by atoms with Crippen molar-refractivity contribution in [1.82, 2.24) is 4.40 Å². The van der Waals surface area contributed by atoms with Crippen LogP contribution in [0.2, 0.25) is 0 Å². The summed E-state index contributed by atoms with van der Waals surface area (Å²) in [5.74, 6) is 0. The van der Waals surface area contributed by atoms with Gasteiger partial charge in [-0.1, -0.05) is 152 Å². The largest absolute Gasteiger partial charge is 0.274 e. The minimum atomic E-state index is -0.00623. The van der Waals surface area contributed by atoms with Crippen LogP contribution in [0, 0.1) is 0 Å². The predicted octanol–water partition coefficient (Wildman–Crippen LogP) is 9.76. The molecule has 6 aromatic carbocycles. The van der Waals surface area contributed by atoms with Crippen LogP contribution in [-0.4, -0.2) is 4.40 Å². The topological polar surface area (TPSA) is 21.5 Å². The van der Waals surface area contributed by atoms with Gasteiger partial charge in [-0.2, -0.15) is 0 Å².